The van der Waals surface area contributed by atoms with Crippen molar-refractivity contribution in [2.45, 2.75) is 20.3 Å². The minimum absolute atomic E-state index is 0.0536. The summed E-state index contributed by atoms with van der Waals surface area (Å²) in [6, 6.07) is 3.05. The first-order valence-corrected chi connectivity index (χ1v) is 5.60. The number of rotatable bonds is 4. The van der Waals surface area contributed by atoms with Gasteiger partial charge in [-0.25, -0.2) is 0 Å². The highest BCUT2D eigenvalue weighted by Gasteiger charge is 2.14. The van der Waals surface area contributed by atoms with Gasteiger partial charge in [0.05, 0.1) is 4.92 Å². The first-order chi connectivity index (χ1) is 7.95. The molecule has 0 unspecified atom stereocenters. The van der Waals surface area contributed by atoms with E-state index in [-0.39, 0.29) is 23.9 Å². The van der Waals surface area contributed by atoms with Crippen LogP contribution in [0.3, 0.4) is 0 Å². The Hall–Kier alpha value is -1.62. The quantitative estimate of drug-likeness (QED) is 0.511. The predicted octanol–water partition coefficient (Wildman–Crippen LogP) is 2.78. The van der Waals surface area contributed by atoms with Gasteiger partial charge in [-0.2, -0.15) is 0 Å². The monoisotopic (exact) mass is 256 g/mol. The van der Waals surface area contributed by atoms with Crippen LogP contribution in [0.25, 0.3) is 0 Å². The van der Waals surface area contributed by atoms with Gasteiger partial charge in [-0.3, -0.25) is 14.9 Å². The van der Waals surface area contributed by atoms with Gasteiger partial charge in [0.1, 0.15) is 0 Å². The van der Waals surface area contributed by atoms with Gasteiger partial charge in [0.15, 0.2) is 0 Å². The zero-order valence-electron chi connectivity index (χ0n) is 9.62. The number of nitrogens with zero attached hydrogens (tertiary/aromatic N) is 1. The zero-order valence-corrected chi connectivity index (χ0v) is 10.4. The average molecular weight is 257 g/mol. The lowest BCUT2D eigenvalue weighted by Crippen LogP contribution is -2.13. The van der Waals surface area contributed by atoms with Crippen LogP contribution < -0.4 is 5.32 Å². The van der Waals surface area contributed by atoms with Crippen LogP contribution in [0.4, 0.5) is 11.4 Å². The van der Waals surface area contributed by atoms with Crippen molar-refractivity contribution in [3.05, 3.63) is 33.4 Å². The molecule has 0 bridgehead atoms. The van der Waals surface area contributed by atoms with E-state index < -0.39 is 4.92 Å². The van der Waals surface area contributed by atoms with Gasteiger partial charge < -0.3 is 5.32 Å². The Kier molecular flexibility index (Phi) is 4.45. The summed E-state index contributed by atoms with van der Waals surface area (Å²) in [7, 11) is 0. The molecule has 0 heterocycles. The van der Waals surface area contributed by atoms with Crippen molar-refractivity contribution in [1.29, 1.82) is 0 Å². The first kappa shape index (κ1) is 13.4. The Balaban J connectivity index is 2.99. The summed E-state index contributed by atoms with van der Waals surface area (Å²) in [5, 5.41) is 13.4. The maximum absolute atomic E-state index is 11.4. The van der Waals surface area contributed by atoms with Crippen LogP contribution in [0.2, 0.25) is 0 Å². The smallest absolute Gasteiger partial charge is 0.272 e. The van der Waals surface area contributed by atoms with Crippen LogP contribution in [0, 0.1) is 24.0 Å². The van der Waals surface area contributed by atoms with Crippen molar-refractivity contribution < 1.29 is 9.72 Å². The summed E-state index contributed by atoms with van der Waals surface area (Å²) < 4.78 is 0. The Morgan fingerprint density at radius 2 is 2.06 bits per heavy atom. The highest BCUT2D eigenvalue weighted by atomic mass is 35.5. The molecule has 0 aromatic heterocycles. The summed E-state index contributed by atoms with van der Waals surface area (Å²) >= 11 is 5.45. The maximum Gasteiger partial charge on any atom is 0.272 e. The summed E-state index contributed by atoms with van der Waals surface area (Å²) in [6.45, 7) is 3.34. The third-order valence-corrected chi connectivity index (χ3v) is 2.52. The molecule has 0 fully saturated rings. The Morgan fingerprint density at radius 1 is 1.41 bits per heavy atom. The number of hydrogen-bond acceptors (Lipinski definition) is 3. The average Bonchev–Trinajstić information content (AvgIpc) is 2.22. The number of carbonyl (C=O) groups is 1. The van der Waals surface area contributed by atoms with Crippen molar-refractivity contribution in [2.24, 2.45) is 0 Å². The van der Waals surface area contributed by atoms with Gasteiger partial charge in [-0.05, 0) is 25.5 Å². The fourth-order valence-corrected chi connectivity index (χ4v) is 1.60. The molecule has 0 aliphatic carbocycles. The Bertz CT molecular complexity index is 460. The lowest BCUT2D eigenvalue weighted by Gasteiger charge is -2.09. The van der Waals surface area contributed by atoms with Gasteiger partial charge in [-0.1, -0.05) is 0 Å². The SMILES string of the molecule is Cc1cc([N+](=O)[O-])c(C)cc1NC(=O)CCCl. The van der Waals surface area contributed by atoms with E-state index in [9.17, 15) is 14.9 Å². The molecule has 6 heteroatoms. The van der Waals surface area contributed by atoms with Crippen molar-refractivity contribution >= 4 is 28.9 Å². The van der Waals surface area contributed by atoms with Gasteiger partial charge >= 0.3 is 0 Å². The molecule has 1 N–H and O–H groups in total. The highest BCUT2D eigenvalue weighted by molar-refractivity contribution is 6.19. The predicted molar refractivity (Wildman–Crippen MR) is 66.5 cm³/mol. The van der Waals surface area contributed by atoms with Gasteiger partial charge in [-0.15, -0.1) is 11.6 Å². The molecule has 0 atom stereocenters. The van der Waals surface area contributed by atoms with Crippen molar-refractivity contribution in [1.82, 2.24) is 0 Å². The maximum atomic E-state index is 11.4. The molecule has 0 aliphatic heterocycles. The molecule has 0 saturated heterocycles. The van der Waals surface area contributed by atoms with Crippen molar-refractivity contribution in [2.75, 3.05) is 11.2 Å². The van der Waals surface area contributed by atoms with Crippen LogP contribution in [0.15, 0.2) is 12.1 Å². The zero-order chi connectivity index (χ0) is 13.0. The number of amides is 1. The molecular formula is C11H13ClN2O3. The van der Waals surface area contributed by atoms with E-state index in [2.05, 4.69) is 5.32 Å². The third kappa shape index (κ3) is 3.42. The number of nitro groups is 1. The molecule has 0 aliphatic rings. The van der Waals surface area contributed by atoms with Crippen LogP contribution in [0.5, 0.6) is 0 Å². The number of benzene rings is 1. The first-order valence-electron chi connectivity index (χ1n) is 5.07. The molecule has 1 amide bonds. The lowest BCUT2D eigenvalue weighted by atomic mass is 10.1. The third-order valence-electron chi connectivity index (χ3n) is 2.34. The largest absolute Gasteiger partial charge is 0.326 e. The van der Waals surface area contributed by atoms with Gasteiger partial charge in [0.2, 0.25) is 5.91 Å². The molecule has 1 aromatic carbocycles. The Labute approximate surface area is 104 Å². The topological polar surface area (TPSA) is 72.2 Å². The fourth-order valence-electron chi connectivity index (χ4n) is 1.43. The molecule has 0 spiro atoms. The Morgan fingerprint density at radius 3 is 2.59 bits per heavy atom. The number of anilines is 1. The van der Waals surface area contributed by atoms with Gasteiger partial charge in [0.25, 0.3) is 5.69 Å². The minimum Gasteiger partial charge on any atom is -0.326 e. The summed E-state index contributed by atoms with van der Waals surface area (Å²) in [4.78, 5) is 21.6. The number of aryl methyl sites for hydroxylation is 2. The molecule has 1 rings (SSSR count). The molecule has 17 heavy (non-hydrogen) atoms. The molecule has 0 saturated carbocycles. The van der Waals surface area contributed by atoms with Crippen LogP contribution in [-0.2, 0) is 4.79 Å². The van der Waals surface area contributed by atoms with Gasteiger partial charge in [0, 0.05) is 29.6 Å². The van der Waals surface area contributed by atoms with Crippen molar-refractivity contribution in [3.63, 3.8) is 0 Å². The molecule has 1 aromatic rings. The summed E-state index contributed by atoms with van der Waals surface area (Å²) in [5.74, 6) is 0.0490. The summed E-state index contributed by atoms with van der Waals surface area (Å²) in [6.07, 6.45) is 0.219. The van der Waals surface area contributed by atoms with E-state index in [4.69, 9.17) is 11.6 Å². The number of nitro benzene ring substituents is 1. The number of carbonyl (C=O) groups excluding carboxylic acids is 1. The van der Waals surface area contributed by atoms with Crippen LogP contribution in [-0.4, -0.2) is 16.7 Å². The standard InChI is InChI=1S/C11H13ClN2O3/c1-7-6-10(14(16)17)8(2)5-9(7)13-11(15)3-4-12/h5-6H,3-4H2,1-2H3,(H,13,15). The van der Waals surface area contributed by atoms with Crippen LogP contribution >= 0.6 is 11.6 Å². The van der Waals surface area contributed by atoms with E-state index in [0.717, 1.165) is 0 Å². The molecule has 0 radical (unpaired) electrons. The van der Waals surface area contributed by atoms with E-state index >= 15 is 0 Å². The second kappa shape index (κ2) is 5.63. The number of alkyl halides is 1. The van der Waals surface area contributed by atoms with E-state index in [0.29, 0.717) is 16.8 Å². The molecular weight excluding hydrogens is 244 g/mol. The minimum atomic E-state index is -0.438. The number of halogens is 1. The number of nitrogens with one attached hydrogen (secondary N) is 1. The molecule has 5 nitrogen and oxygen atoms in total. The summed E-state index contributed by atoms with van der Waals surface area (Å²) in [5.41, 5.74) is 1.81. The second-order valence-electron chi connectivity index (χ2n) is 3.70. The van der Waals surface area contributed by atoms with E-state index in [1.54, 1.807) is 19.9 Å². The molecule has 92 valence electrons. The van der Waals surface area contributed by atoms with E-state index in [1.807, 2.05) is 0 Å². The fraction of sp³-hybridized carbons (Fsp3) is 0.364. The van der Waals surface area contributed by atoms with Crippen LogP contribution in [0.1, 0.15) is 17.5 Å². The normalized spacial score (nSPS) is 10.1. The highest BCUT2D eigenvalue weighted by Crippen LogP contribution is 2.25. The van der Waals surface area contributed by atoms with Crippen molar-refractivity contribution in [3.8, 4) is 0 Å². The lowest BCUT2D eigenvalue weighted by molar-refractivity contribution is -0.385. The number of hydrogen-bond donors (Lipinski definition) is 1. The second-order valence-corrected chi connectivity index (χ2v) is 4.08. The van der Waals surface area contributed by atoms with E-state index in [1.165, 1.54) is 6.07 Å².